The van der Waals surface area contributed by atoms with Crippen molar-refractivity contribution in [3.63, 3.8) is 0 Å². The number of benzene rings is 1. The summed E-state index contributed by atoms with van der Waals surface area (Å²) in [5.41, 5.74) is 0. The number of hydrogen-bond acceptors (Lipinski definition) is 2. The monoisotopic (exact) mass is 271 g/mol. The molecule has 0 N–H and O–H groups in total. The molecule has 2 nitrogen and oxygen atoms in total. The van der Waals surface area contributed by atoms with Gasteiger partial charge >= 0.3 is 0 Å². The van der Waals surface area contributed by atoms with Crippen LogP contribution in [0.5, 0.6) is 5.75 Å². The van der Waals surface area contributed by atoms with Gasteiger partial charge in [-0.3, -0.25) is 0 Å². The zero-order chi connectivity index (χ0) is 10.1. The van der Waals surface area contributed by atoms with Crippen molar-refractivity contribution in [2.45, 2.75) is 0 Å². The van der Waals surface area contributed by atoms with Gasteiger partial charge in [-0.1, -0.05) is 27.5 Å². The molecule has 1 aromatic carbocycles. The minimum Gasteiger partial charge on any atom is -0.496 e. The molecule has 0 aliphatic carbocycles. The highest BCUT2D eigenvalue weighted by atomic mass is 79.9. The quantitative estimate of drug-likeness (QED) is 0.739. The van der Waals surface area contributed by atoms with Crippen LogP contribution in [0.1, 0.15) is 0 Å². The first-order chi connectivity index (χ1) is 6.74. The number of ether oxygens (including phenoxy) is 1. The van der Waals surface area contributed by atoms with E-state index in [0.29, 0.717) is 5.15 Å². The lowest BCUT2D eigenvalue weighted by molar-refractivity contribution is 0.419. The minimum absolute atomic E-state index is 0.459. The maximum Gasteiger partial charge on any atom is 0.140 e. The molecule has 0 amide bonds. The van der Waals surface area contributed by atoms with E-state index in [2.05, 4.69) is 20.9 Å². The zero-order valence-corrected chi connectivity index (χ0v) is 9.76. The van der Waals surface area contributed by atoms with Crippen LogP contribution in [-0.2, 0) is 0 Å². The maximum absolute atomic E-state index is 6.00. The van der Waals surface area contributed by atoms with Crippen molar-refractivity contribution >= 4 is 38.3 Å². The fourth-order valence-corrected chi connectivity index (χ4v) is 2.08. The highest BCUT2D eigenvalue weighted by Crippen LogP contribution is 2.34. The Balaban J connectivity index is 2.92. The average molecular weight is 273 g/mol. The van der Waals surface area contributed by atoms with Gasteiger partial charge in [0.15, 0.2) is 0 Å². The molecular formula is C10H7BrClNO. The van der Waals surface area contributed by atoms with E-state index in [0.717, 1.165) is 21.0 Å². The van der Waals surface area contributed by atoms with Crippen LogP contribution in [0.2, 0.25) is 5.15 Å². The predicted octanol–water partition coefficient (Wildman–Crippen LogP) is 3.66. The second-order valence-electron chi connectivity index (χ2n) is 2.77. The largest absolute Gasteiger partial charge is 0.496 e. The van der Waals surface area contributed by atoms with Gasteiger partial charge < -0.3 is 4.74 Å². The van der Waals surface area contributed by atoms with Gasteiger partial charge in [0.25, 0.3) is 0 Å². The van der Waals surface area contributed by atoms with Gasteiger partial charge in [-0.2, -0.15) is 0 Å². The summed E-state index contributed by atoms with van der Waals surface area (Å²) in [7, 11) is 1.62. The Morgan fingerprint density at radius 1 is 1.36 bits per heavy atom. The summed E-state index contributed by atoms with van der Waals surface area (Å²) in [6.45, 7) is 0. The molecular weight excluding hydrogens is 265 g/mol. The molecule has 1 aromatic heterocycles. The standard InChI is InChI=1S/C10H7BrClNO/c1-14-8-3-2-7(11)6-4-5-13-10(12)9(6)8/h2-5H,1H3. The van der Waals surface area contributed by atoms with Gasteiger partial charge in [-0.25, -0.2) is 4.98 Å². The van der Waals surface area contributed by atoms with Crippen molar-refractivity contribution < 1.29 is 4.74 Å². The van der Waals surface area contributed by atoms with Crippen LogP contribution in [0.25, 0.3) is 10.8 Å². The van der Waals surface area contributed by atoms with Crippen molar-refractivity contribution in [2.24, 2.45) is 0 Å². The summed E-state index contributed by atoms with van der Waals surface area (Å²) in [4.78, 5) is 4.02. The van der Waals surface area contributed by atoms with Gasteiger partial charge in [0.1, 0.15) is 10.9 Å². The first-order valence-corrected chi connectivity index (χ1v) is 5.18. The fraction of sp³-hybridized carbons (Fsp3) is 0.100. The lowest BCUT2D eigenvalue weighted by Gasteiger charge is -2.07. The third kappa shape index (κ3) is 1.47. The summed E-state index contributed by atoms with van der Waals surface area (Å²) in [5, 5.41) is 2.30. The van der Waals surface area contributed by atoms with Crippen molar-refractivity contribution in [1.82, 2.24) is 4.98 Å². The summed E-state index contributed by atoms with van der Waals surface area (Å²) >= 11 is 9.45. The van der Waals surface area contributed by atoms with Crippen molar-refractivity contribution in [3.8, 4) is 5.75 Å². The van der Waals surface area contributed by atoms with E-state index < -0.39 is 0 Å². The Kier molecular flexibility index (Phi) is 2.61. The van der Waals surface area contributed by atoms with Gasteiger partial charge in [-0.05, 0) is 18.2 Å². The normalized spacial score (nSPS) is 10.5. The summed E-state index contributed by atoms with van der Waals surface area (Å²) in [5.74, 6) is 0.737. The average Bonchev–Trinajstić information content (AvgIpc) is 2.20. The maximum atomic E-state index is 6.00. The Labute approximate surface area is 95.0 Å². The molecule has 2 rings (SSSR count). The van der Waals surface area contributed by atoms with Crippen molar-refractivity contribution in [1.29, 1.82) is 0 Å². The van der Waals surface area contributed by atoms with Gasteiger partial charge in [0.2, 0.25) is 0 Å². The molecule has 0 fully saturated rings. The van der Waals surface area contributed by atoms with E-state index in [1.807, 2.05) is 18.2 Å². The predicted molar refractivity (Wildman–Crippen MR) is 61.0 cm³/mol. The third-order valence-electron chi connectivity index (χ3n) is 2.01. The Morgan fingerprint density at radius 3 is 2.86 bits per heavy atom. The van der Waals surface area contributed by atoms with E-state index >= 15 is 0 Å². The second kappa shape index (κ2) is 3.75. The van der Waals surface area contributed by atoms with Gasteiger partial charge in [-0.15, -0.1) is 0 Å². The second-order valence-corrected chi connectivity index (χ2v) is 3.99. The highest BCUT2D eigenvalue weighted by Gasteiger charge is 2.08. The Morgan fingerprint density at radius 2 is 2.14 bits per heavy atom. The number of methoxy groups -OCH3 is 1. The molecule has 0 saturated carbocycles. The van der Waals surface area contributed by atoms with Crippen LogP contribution < -0.4 is 4.74 Å². The summed E-state index contributed by atoms with van der Waals surface area (Å²) in [6.07, 6.45) is 1.68. The summed E-state index contributed by atoms with van der Waals surface area (Å²) in [6, 6.07) is 5.69. The number of aromatic nitrogens is 1. The third-order valence-corrected chi connectivity index (χ3v) is 2.99. The van der Waals surface area contributed by atoms with Crippen LogP contribution in [0.4, 0.5) is 0 Å². The van der Waals surface area contributed by atoms with Gasteiger partial charge in [0, 0.05) is 16.1 Å². The lowest BCUT2D eigenvalue weighted by atomic mass is 10.1. The van der Waals surface area contributed by atoms with E-state index in [1.54, 1.807) is 13.3 Å². The molecule has 0 aliphatic heterocycles. The van der Waals surface area contributed by atoms with E-state index in [1.165, 1.54) is 0 Å². The topological polar surface area (TPSA) is 22.1 Å². The molecule has 1 heterocycles. The molecule has 0 saturated heterocycles. The number of fused-ring (bicyclic) bond motifs is 1. The Hall–Kier alpha value is -0.800. The van der Waals surface area contributed by atoms with Gasteiger partial charge in [0.05, 0.1) is 12.5 Å². The molecule has 0 unspecified atom stereocenters. The molecule has 2 aromatic rings. The van der Waals surface area contributed by atoms with Crippen molar-refractivity contribution in [3.05, 3.63) is 34.0 Å². The van der Waals surface area contributed by atoms with Crippen LogP contribution in [-0.4, -0.2) is 12.1 Å². The highest BCUT2D eigenvalue weighted by molar-refractivity contribution is 9.10. The molecule has 0 radical (unpaired) electrons. The first-order valence-electron chi connectivity index (χ1n) is 4.00. The Bertz CT molecular complexity index is 487. The molecule has 4 heteroatoms. The van der Waals surface area contributed by atoms with E-state index in [9.17, 15) is 0 Å². The number of pyridine rings is 1. The van der Waals surface area contributed by atoms with E-state index in [4.69, 9.17) is 16.3 Å². The van der Waals surface area contributed by atoms with Crippen LogP contribution >= 0.6 is 27.5 Å². The molecule has 0 spiro atoms. The first kappa shape index (κ1) is 9.74. The number of rotatable bonds is 1. The zero-order valence-electron chi connectivity index (χ0n) is 7.42. The van der Waals surface area contributed by atoms with E-state index in [-0.39, 0.29) is 0 Å². The molecule has 14 heavy (non-hydrogen) atoms. The number of nitrogens with zero attached hydrogens (tertiary/aromatic N) is 1. The van der Waals surface area contributed by atoms with Crippen LogP contribution in [0, 0.1) is 0 Å². The SMILES string of the molecule is COc1ccc(Br)c2ccnc(Cl)c12. The van der Waals surface area contributed by atoms with Crippen molar-refractivity contribution in [2.75, 3.05) is 7.11 Å². The fourth-order valence-electron chi connectivity index (χ4n) is 1.36. The molecule has 0 bridgehead atoms. The number of hydrogen-bond donors (Lipinski definition) is 0. The smallest absolute Gasteiger partial charge is 0.140 e. The van der Waals surface area contributed by atoms with Crippen LogP contribution in [0.15, 0.2) is 28.9 Å². The number of halogens is 2. The molecule has 72 valence electrons. The molecule has 0 atom stereocenters. The minimum atomic E-state index is 0.459. The lowest BCUT2D eigenvalue weighted by Crippen LogP contribution is -1.87. The summed E-state index contributed by atoms with van der Waals surface area (Å²) < 4.78 is 6.20. The van der Waals surface area contributed by atoms with Crippen LogP contribution in [0.3, 0.4) is 0 Å². The molecule has 0 aliphatic rings.